The van der Waals surface area contributed by atoms with Crippen LogP contribution in [0.4, 0.5) is 27.9 Å². The first-order valence-electron chi connectivity index (χ1n) is 12.3. The maximum absolute atomic E-state index is 12.4. The molecular weight excluding hydrogens is 413 g/mol. The van der Waals surface area contributed by atoms with Gasteiger partial charge in [0.2, 0.25) is 5.95 Å². The minimum absolute atomic E-state index is 0.0401. The van der Waals surface area contributed by atoms with E-state index < -0.39 is 0 Å². The van der Waals surface area contributed by atoms with Gasteiger partial charge in [0.25, 0.3) is 0 Å². The molecule has 1 atom stereocenters. The third kappa shape index (κ3) is 6.60. The lowest BCUT2D eigenvalue weighted by molar-refractivity contribution is 0.160. The fourth-order valence-corrected chi connectivity index (χ4v) is 4.59. The molecule has 0 spiro atoms. The predicted octanol–water partition coefficient (Wildman–Crippen LogP) is 2.78. The Labute approximate surface area is 198 Å². The molecule has 4 rings (SSSR count). The number of rotatable bonds is 8. The SMILES string of the molecule is Bc1cnc(Nc2cccc(NC(=O)N3CCCC3)c2)nc1NCCCN1CCCCC1C. The van der Waals surface area contributed by atoms with Gasteiger partial charge in [-0.15, -0.1) is 0 Å². The van der Waals surface area contributed by atoms with Crippen LogP contribution in [-0.4, -0.2) is 72.4 Å². The van der Waals surface area contributed by atoms with Gasteiger partial charge in [-0.2, -0.15) is 4.98 Å². The van der Waals surface area contributed by atoms with Gasteiger partial charge in [-0.3, -0.25) is 0 Å². The van der Waals surface area contributed by atoms with Crippen LogP contribution in [0.5, 0.6) is 0 Å². The molecule has 8 nitrogen and oxygen atoms in total. The molecular formula is C24H36BN7O. The highest BCUT2D eigenvalue weighted by Crippen LogP contribution is 2.20. The standard InChI is InChI=1S/C24H36BN7O/c1-18-8-2-3-12-31(18)15-7-11-26-22-21(25)17-27-23(30-22)28-19-9-6-10-20(16-19)29-24(33)32-13-4-5-14-32/h6,9-10,16-18H,2-5,7-8,11-15,25H2,1H3,(H,29,33)(H2,26,27,28,30). The van der Waals surface area contributed by atoms with Crippen LogP contribution in [0.1, 0.15) is 45.4 Å². The van der Waals surface area contributed by atoms with Crippen molar-refractivity contribution in [2.75, 3.05) is 48.7 Å². The maximum atomic E-state index is 12.4. The summed E-state index contributed by atoms with van der Waals surface area (Å²) in [6, 6.07) is 8.32. The van der Waals surface area contributed by atoms with E-state index in [4.69, 9.17) is 0 Å². The van der Waals surface area contributed by atoms with Gasteiger partial charge in [-0.05, 0) is 69.2 Å². The first-order chi connectivity index (χ1) is 16.1. The molecule has 1 unspecified atom stereocenters. The van der Waals surface area contributed by atoms with E-state index in [1.54, 1.807) is 0 Å². The quantitative estimate of drug-likeness (QED) is 0.425. The van der Waals surface area contributed by atoms with Crippen LogP contribution < -0.4 is 21.4 Å². The lowest BCUT2D eigenvalue weighted by Crippen LogP contribution is -2.38. The van der Waals surface area contributed by atoms with Gasteiger partial charge in [0.1, 0.15) is 13.7 Å². The first-order valence-corrected chi connectivity index (χ1v) is 12.3. The zero-order valence-corrected chi connectivity index (χ0v) is 19.9. The molecule has 2 saturated heterocycles. The lowest BCUT2D eigenvalue weighted by Gasteiger charge is -2.33. The van der Waals surface area contributed by atoms with Crippen molar-refractivity contribution in [2.24, 2.45) is 0 Å². The zero-order chi connectivity index (χ0) is 23.0. The molecule has 0 saturated carbocycles. The second-order valence-electron chi connectivity index (χ2n) is 9.22. The van der Waals surface area contributed by atoms with E-state index in [0.717, 1.165) is 68.1 Å². The number of hydrogen-bond donors (Lipinski definition) is 3. The van der Waals surface area contributed by atoms with Gasteiger partial charge in [-0.1, -0.05) is 12.5 Å². The van der Waals surface area contributed by atoms with Gasteiger partial charge in [-0.25, -0.2) is 9.78 Å². The smallest absolute Gasteiger partial charge is 0.321 e. The summed E-state index contributed by atoms with van der Waals surface area (Å²) in [7, 11) is 2.02. The van der Waals surface area contributed by atoms with E-state index in [1.807, 2.05) is 43.2 Å². The second-order valence-corrected chi connectivity index (χ2v) is 9.22. The Morgan fingerprint density at radius 1 is 1.15 bits per heavy atom. The predicted molar refractivity (Wildman–Crippen MR) is 138 cm³/mol. The van der Waals surface area contributed by atoms with Gasteiger partial charge < -0.3 is 25.8 Å². The second kappa shape index (κ2) is 11.4. The van der Waals surface area contributed by atoms with Crippen LogP contribution in [-0.2, 0) is 0 Å². The third-order valence-electron chi connectivity index (χ3n) is 6.59. The fraction of sp³-hybridized carbons (Fsp3) is 0.542. The summed E-state index contributed by atoms with van der Waals surface area (Å²) in [6.07, 6.45) is 9.08. The van der Waals surface area contributed by atoms with Gasteiger partial charge in [0, 0.05) is 49.8 Å². The molecule has 2 fully saturated rings. The minimum Gasteiger partial charge on any atom is -0.370 e. The number of carbonyl (C=O) groups excluding carboxylic acids is 1. The zero-order valence-electron chi connectivity index (χ0n) is 19.9. The summed E-state index contributed by atoms with van der Waals surface area (Å²) < 4.78 is 0. The van der Waals surface area contributed by atoms with E-state index >= 15 is 0 Å². The molecule has 2 aliphatic heterocycles. The van der Waals surface area contributed by atoms with Crippen LogP contribution in [0, 0.1) is 0 Å². The number of piperidine rings is 1. The number of amides is 2. The number of likely N-dealkylation sites (tertiary alicyclic amines) is 2. The van der Waals surface area contributed by atoms with Crippen molar-refractivity contribution in [1.29, 1.82) is 0 Å². The molecule has 0 bridgehead atoms. The van der Waals surface area contributed by atoms with Crippen molar-refractivity contribution >= 4 is 42.5 Å². The average Bonchev–Trinajstić information content (AvgIpc) is 3.35. The van der Waals surface area contributed by atoms with Crippen molar-refractivity contribution in [3.8, 4) is 0 Å². The molecule has 3 heterocycles. The summed E-state index contributed by atoms with van der Waals surface area (Å²) in [6.45, 7) is 7.23. The van der Waals surface area contributed by atoms with E-state index in [1.165, 1.54) is 25.8 Å². The minimum atomic E-state index is -0.0401. The van der Waals surface area contributed by atoms with Crippen LogP contribution in [0.25, 0.3) is 0 Å². The molecule has 176 valence electrons. The van der Waals surface area contributed by atoms with E-state index in [-0.39, 0.29) is 6.03 Å². The number of aromatic nitrogens is 2. The van der Waals surface area contributed by atoms with Gasteiger partial charge >= 0.3 is 6.03 Å². The highest BCUT2D eigenvalue weighted by molar-refractivity contribution is 6.35. The third-order valence-corrected chi connectivity index (χ3v) is 6.59. The summed E-state index contributed by atoms with van der Waals surface area (Å²) in [5.74, 6) is 1.40. The number of urea groups is 1. The Kier molecular flexibility index (Phi) is 8.04. The van der Waals surface area contributed by atoms with E-state index in [9.17, 15) is 4.79 Å². The Morgan fingerprint density at radius 3 is 2.76 bits per heavy atom. The Bertz CT molecular complexity index is 935. The molecule has 2 aliphatic rings. The van der Waals surface area contributed by atoms with Gasteiger partial charge in [0.15, 0.2) is 0 Å². The van der Waals surface area contributed by atoms with Crippen LogP contribution in [0.3, 0.4) is 0 Å². The van der Waals surface area contributed by atoms with Crippen molar-refractivity contribution < 1.29 is 4.79 Å². The molecule has 0 aliphatic carbocycles. The number of hydrogen-bond acceptors (Lipinski definition) is 6. The van der Waals surface area contributed by atoms with E-state index in [2.05, 4.69) is 37.7 Å². The summed E-state index contributed by atoms with van der Waals surface area (Å²) in [5.41, 5.74) is 2.62. The largest absolute Gasteiger partial charge is 0.370 e. The number of anilines is 4. The van der Waals surface area contributed by atoms with Crippen LogP contribution in [0.2, 0.25) is 0 Å². The van der Waals surface area contributed by atoms with Gasteiger partial charge in [0.05, 0.1) is 0 Å². The Hall–Kier alpha value is -2.81. The highest BCUT2D eigenvalue weighted by Gasteiger charge is 2.18. The van der Waals surface area contributed by atoms with Crippen LogP contribution >= 0.6 is 0 Å². The lowest BCUT2D eigenvalue weighted by atomic mass is 9.99. The first kappa shape index (κ1) is 23.4. The summed E-state index contributed by atoms with van der Waals surface area (Å²) >= 11 is 0. The van der Waals surface area contributed by atoms with Crippen LogP contribution in [0.15, 0.2) is 30.5 Å². The summed E-state index contributed by atoms with van der Waals surface area (Å²) in [4.78, 5) is 25.9. The normalized spacial score (nSPS) is 18.8. The molecule has 2 aromatic rings. The topological polar surface area (TPSA) is 85.4 Å². The Balaban J connectivity index is 1.30. The van der Waals surface area contributed by atoms with Crippen molar-refractivity contribution in [3.05, 3.63) is 30.5 Å². The van der Waals surface area contributed by atoms with E-state index in [0.29, 0.717) is 12.0 Å². The number of benzene rings is 1. The Morgan fingerprint density at radius 2 is 1.94 bits per heavy atom. The van der Waals surface area contributed by atoms with Crippen molar-refractivity contribution in [3.63, 3.8) is 0 Å². The molecule has 9 heteroatoms. The molecule has 1 aromatic carbocycles. The molecule has 0 radical (unpaired) electrons. The molecule has 2 amide bonds. The fourth-order valence-electron chi connectivity index (χ4n) is 4.59. The number of carbonyl (C=O) groups is 1. The maximum Gasteiger partial charge on any atom is 0.321 e. The van der Waals surface area contributed by atoms with Crippen molar-refractivity contribution in [1.82, 2.24) is 19.8 Å². The number of nitrogens with zero attached hydrogens (tertiary/aromatic N) is 4. The highest BCUT2D eigenvalue weighted by atomic mass is 16.2. The average molecular weight is 449 g/mol. The summed E-state index contributed by atoms with van der Waals surface area (Å²) in [5, 5.41) is 9.73. The van der Waals surface area contributed by atoms with Crippen molar-refractivity contribution in [2.45, 2.75) is 51.5 Å². The monoisotopic (exact) mass is 449 g/mol. The molecule has 33 heavy (non-hydrogen) atoms. The number of nitrogens with one attached hydrogen (secondary N) is 3. The molecule has 3 N–H and O–H groups in total. The molecule has 1 aromatic heterocycles.